The molecule has 5 nitrogen and oxygen atoms in total. The fraction of sp³-hybridized carbons (Fsp3) is 0.792. The Bertz CT molecular complexity index is 566. The van der Waals surface area contributed by atoms with Crippen LogP contribution in [0.5, 0.6) is 0 Å². The minimum atomic E-state index is -0.786. The second kappa shape index (κ2) is 11.3. The average Bonchev–Trinajstić information content (AvgIpc) is 2.90. The summed E-state index contributed by atoms with van der Waals surface area (Å²) in [6, 6.07) is 0. The van der Waals surface area contributed by atoms with E-state index in [4.69, 9.17) is 5.11 Å². The SMILES string of the molecule is CCCCC1(C(O)C=C[C@@H]2[C@@H](CC=C[C@H](C)CCC(=O)O)[C@@H](O)C[C@H]2O)CCC1. The highest BCUT2D eigenvalue weighted by molar-refractivity contribution is 5.66. The summed E-state index contributed by atoms with van der Waals surface area (Å²) in [7, 11) is 0. The Kier molecular flexibility index (Phi) is 9.38. The lowest BCUT2D eigenvalue weighted by Gasteiger charge is -2.45. The van der Waals surface area contributed by atoms with Crippen LogP contribution in [0.2, 0.25) is 0 Å². The molecule has 4 N–H and O–H groups in total. The first-order valence-corrected chi connectivity index (χ1v) is 11.4. The number of carboxylic acid groups (broad SMARTS) is 1. The summed E-state index contributed by atoms with van der Waals surface area (Å²) < 4.78 is 0. The molecule has 2 rings (SSSR count). The standard InChI is InChI=1S/C24H40O5/c1-3-4-13-24(14-6-15-24)22(27)11-10-19-18(20(25)16-21(19)26)8-5-7-17(2)9-12-23(28)29/h5,7,10-11,17-22,25-27H,3-4,6,8-9,12-16H2,1-2H3,(H,28,29)/t17-,18+,19+,20-,21+,22?/m0/s1. The van der Waals surface area contributed by atoms with Gasteiger partial charge in [-0.15, -0.1) is 0 Å². The Balaban J connectivity index is 1.94. The van der Waals surface area contributed by atoms with E-state index in [1.165, 1.54) is 6.42 Å². The van der Waals surface area contributed by atoms with Crippen molar-refractivity contribution in [2.24, 2.45) is 23.2 Å². The molecule has 0 saturated heterocycles. The van der Waals surface area contributed by atoms with Crippen LogP contribution < -0.4 is 0 Å². The first kappa shape index (κ1) is 24.1. The summed E-state index contributed by atoms with van der Waals surface area (Å²) in [5, 5.41) is 40.4. The zero-order valence-corrected chi connectivity index (χ0v) is 18.0. The number of carboxylic acids is 1. The molecule has 5 heteroatoms. The predicted molar refractivity (Wildman–Crippen MR) is 114 cm³/mol. The van der Waals surface area contributed by atoms with Gasteiger partial charge >= 0.3 is 5.97 Å². The van der Waals surface area contributed by atoms with Crippen molar-refractivity contribution >= 4 is 5.97 Å². The molecule has 1 unspecified atom stereocenters. The lowest BCUT2D eigenvalue weighted by Crippen LogP contribution is -2.40. The van der Waals surface area contributed by atoms with E-state index in [1.807, 2.05) is 31.2 Å². The van der Waals surface area contributed by atoms with Gasteiger partial charge in [0, 0.05) is 18.8 Å². The minimum absolute atomic E-state index is 0.00363. The normalized spacial score (nSPS) is 31.2. The van der Waals surface area contributed by atoms with E-state index in [2.05, 4.69) is 6.92 Å². The Morgan fingerprint density at radius 1 is 1.21 bits per heavy atom. The average molecular weight is 409 g/mol. The lowest BCUT2D eigenvalue weighted by atomic mass is 9.62. The van der Waals surface area contributed by atoms with E-state index in [0.717, 1.165) is 32.1 Å². The molecule has 6 atom stereocenters. The van der Waals surface area contributed by atoms with Crippen LogP contribution in [-0.2, 0) is 4.79 Å². The van der Waals surface area contributed by atoms with Gasteiger partial charge in [-0.2, -0.15) is 0 Å². The van der Waals surface area contributed by atoms with Crippen LogP contribution in [0.25, 0.3) is 0 Å². The molecule has 0 radical (unpaired) electrons. The maximum Gasteiger partial charge on any atom is 0.303 e. The van der Waals surface area contributed by atoms with Gasteiger partial charge in [0.25, 0.3) is 0 Å². The van der Waals surface area contributed by atoms with Crippen molar-refractivity contribution in [3.05, 3.63) is 24.3 Å². The second-order valence-electron chi connectivity index (χ2n) is 9.33. The lowest BCUT2D eigenvalue weighted by molar-refractivity contribution is -0.137. The van der Waals surface area contributed by atoms with Gasteiger partial charge in [-0.3, -0.25) is 4.79 Å². The summed E-state index contributed by atoms with van der Waals surface area (Å²) >= 11 is 0. The molecule has 0 aromatic heterocycles. The van der Waals surface area contributed by atoms with Gasteiger partial charge in [0.15, 0.2) is 0 Å². The van der Waals surface area contributed by atoms with Crippen molar-refractivity contribution in [3.63, 3.8) is 0 Å². The molecule has 0 spiro atoms. The molecule has 166 valence electrons. The molecule has 0 aromatic rings. The van der Waals surface area contributed by atoms with E-state index >= 15 is 0 Å². The summed E-state index contributed by atoms with van der Waals surface area (Å²) in [6.07, 6.45) is 14.5. The molecule has 2 saturated carbocycles. The van der Waals surface area contributed by atoms with Gasteiger partial charge in [-0.1, -0.05) is 57.4 Å². The van der Waals surface area contributed by atoms with Crippen LogP contribution in [0.3, 0.4) is 0 Å². The van der Waals surface area contributed by atoms with Gasteiger partial charge in [0.2, 0.25) is 0 Å². The summed E-state index contributed by atoms with van der Waals surface area (Å²) in [6.45, 7) is 4.16. The second-order valence-corrected chi connectivity index (χ2v) is 9.33. The zero-order chi connectivity index (χ0) is 21.4. The molecule has 2 aliphatic carbocycles. The third kappa shape index (κ3) is 6.66. The van der Waals surface area contributed by atoms with E-state index in [1.54, 1.807) is 0 Å². The number of hydrogen-bond donors (Lipinski definition) is 4. The monoisotopic (exact) mass is 408 g/mol. The molecule has 0 amide bonds. The van der Waals surface area contributed by atoms with Crippen molar-refractivity contribution in [2.45, 2.75) is 96.4 Å². The van der Waals surface area contributed by atoms with Gasteiger partial charge < -0.3 is 20.4 Å². The van der Waals surface area contributed by atoms with E-state index in [0.29, 0.717) is 19.3 Å². The summed E-state index contributed by atoms with van der Waals surface area (Å²) in [5.74, 6) is -0.861. The highest BCUT2D eigenvalue weighted by Crippen LogP contribution is 2.48. The Labute approximate surface area is 175 Å². The van der Waals surface area contributed by atoms with Crippen LogP contribution >= 0.6 is 0 Å². The molecule has 29 heavy (non-hydrogen) atoms. The molecule has 0 aromatic carbocycles. The summed E-state index contributed by atoms with van der Waals surface area (Å²) in [5.41, 5.74) is 0.00363. The van der Waals surface area contributed by atoms with Gasteiger partial charge in [0.1, 0.15) is 0 Å². The largest absolute Gasteiger partial charge is 0.481 e. The first-order valence-electron chi connectivity index (χ1n) is 11.4. The van der Waals surface area contributed by atoms with Crippen LogP contribution in [0.1, 0.15) is 78.1 Å². The van der Waals surface area contributed by atoms with Gasteiger partial charge in [0.05, 0.1) is 18.3 Å². The number of rotatable bonds is 12. The molecule has 0 heterocycles. The van der Waals surface area contributed by atoms with Crippen molar-refractivity contribution in [1.82, 2.24) is 0 Å². The maximum absolute atomic E-state index is 10.8. The number of unbranched alkanes of at least 4 members (excludes halogenated alkanes) is 1. The zero-order valence-electron chi connectivity index (χ0n) is 18.0. The Morgan fingerprint density at radius 3 is 2.52 bits per heavy atom. The fourth-order valence-electron chi connectivity index (χ4n) is 4.91. The molecular formula is C24H40O5. The van der Waals surface area contributed by atoms with Gasteiger partial charge in [-0.25, -0.2) is 0 Å². The number of allylic oxidation sites excluding steroid dienone is 2. The number of hydrogen-bond acceptors (Lipinski definition) is 4. The van der Waals surface area contributed by atoms with Gasteiger partial charge in [-0.05, 0) is 49.4 Å². The quantitative estimate of drug-likeness (QED) is 0.365. The summed E-state index contributed by atoms with van der Waals surface area (Å²) in [4.78, 5) is 10.7. The first-order chi connectivity index (χ1) is 13.8. The maximum atomic E-state index is 10.8. The topological polar surface area (TPSA) is 98.0 Å². The predicted octanol–water partition coefficient (Wildman–Crippen LogP) is 4.07. The molecule has 0 bridgehead atoms. The highest BCUT2D eigenvalue weighted by Gasteiger charge is 2.43. The fourth-order valence-corrected chi connectivity index (χ4v) is 4.91. The van der Waals surface area contributed by atoms with Crippen LogP contribution in [0, 0.1) is 23.2 Å². The Morgan fingerprint density at radius 2 is 1.93 bits per heavy atom. The number of carbonyl (C=O) groups is 1. The van der Waals surface area contributed by atoms with Crippen molar-refractivity contribution < 1.29 is 25.2 Å². The van der Waals surface area contributed by atoms with Crippen LogP contribution in [0.4, 0.5) is 0 Å². The molecule has 0 aliphatic heterocycles. The number of aliphatic hydroxyl groups is 3. The third-order valence-corrected chi connectivity index (χ3v) is 7.12. The minimum Gasteiger partial charge on any atom is -0.481 e. The van der Waals surface area contributed by atoms with Crippen LogP contribution in [0.15, 0.2) is 24.3 Å². The molecule has 2 aliphatic rings. The van der Waals surface area contributed by atoms with E-state index in [9.17, 15) is 20.1 Å². The number of aliphatic carboxylic acids is 1. The van der Waals surface area contributed by atoms with Crippen molar-refractivity contribution in [1.29, 1.82) is 0 Å². The Hall–Kier alpha value is -1.17. The third-order valence-electron chi connectivity index (χ3n) is 7.12. The van der Waals surface area contributed by atoms with Crippen molar-refractivity contribution in [3.8, 4) is 0 Å². The molecule has 2 fully saturated rings. The smallest absolute Gasteiger partial charge is 0.303 e. The van der Waals surface area contributed by atoms with Crippen LogP contribution in [-0.4, -0.2) is 44.7 Å². The van der Waals surface area contributed by atoms with Crippen molar-refractivity contribution in [2.75, 3.05) is 0 Å². The van der Waals surface area contributed by atoms with E-state index in [-0.39, 0.29) is 29.6 Å². The van der Waals surface area contributed by atoms with E-state index < -0.39 is 24.3 Å². The number of aliphatic hydroxyl groups excluding tert-OH is 3. The highest BCUT2D eigenvalue weighted by atomic mass is 16.4. The molecular weight excluding hydrogens is 368 g/mol.